The van der Waals surface area contributed by atoms with Crippen molar-refractivity contribution in [3.63, 3.8) is 0 Å². The first-order chi connectivity index (χ1) is 14.7. The summed E-state index contributed by atoms with van der Waals surface area (Å²) in [5, 5.41) is 2.74. The molecule has 1 aliphatic rings. The number of nitrogens with one attached hydrogen (secondary N) is 1. The highest BCUT2D eigenvalue weighted by Crippen LogP contribution is 2.23. The van der Waals surface area contributed by atoms with Crippen LogP contribution in [0.3, 0.4) is 0 Å². The molecule has 7 nitrogen and oxygen atoms in total. The topological polar surface area (TPSA) is 92.5 Å². The second-order valence-corrected chi connectivity index (χ2v) is 10.6. The summed E-state index contributed by atoms with van der Waals surface area (Å²) in [7, 11) is -1.58. The van der Waals surface area contributed by atoms with Gasteiger partial charge in [0.25, 0.3) is 0 Å². The molecule has 1 aliphatic carbocycles. The zero-order chi connectivity index (χ0) is 22.4. The molecule has 0 atom stereocenters. The van der Waals surface area contributed by atoms with Crippen molar-refractivity contribution < 1.29 is 17.6 Å². The maximum absolute atomic E-state index is 12.5. The number of rotatable bonds is 9. The molecule has 0 spiro atoms. The first-order valence-corrected chi connectivity index (χ1v) is 12.8. The van der Waals surface area contributed by atoms with Crippen molar-refractivity contribution in [2.45, 2.75) is 57.7 Å². The van der Waals surface area contributed by atoms with E-state index in [1.807, 2.05) is 31.2 Å². The third kappa shape index (κ3) is 6.90. The Balaban J connectivity index is 1.50. The molecule has 1 fully saturated rings. The Bertz CT molecular complexity index is 977. The van der Waals surface area contributed by atoms with Crippen molar-refractivity contribution in [1.82, 2.24) is 15.2 Å². The minimum Gasteiger partial charge on any atom is -0.441 e. The lowest BCUT2D eigenvalue weighted by Gasteiger charge is -2.31. The molecule has 1 aromatic heterocycles. The van der Waals surface area contributed by atoms with Gasteiger partial charge in [-0.15, -0.1) is 0 Å². The minimum absolute atomic E-state index is 0.316. The molecule has 1 saturated carbocycles. The normalized spacial score (nSPS) is 15.4. The minimum atomic E-state index is -3.65. The predicted octanol–water partition coefficient (Wildman–Crippen LogP) is 3.25. The number of hydrogen-bond donors (Lipinski definition) is 1. The molecule has 0 unspecified atom stereocenters. The molecule has 31 heavy (non-hydrogen) atoms. The molecule has 0 aliphatic heterocycles. The summed E-state index contributed by atoms with van der Waals surface area (Å²) in [5.41, 5.74) is 2.25. The number of benzene rings is 1. The van der Waals surface area contributed by atoms with E-state index in [0.717, 1.165) is 17.7 Å². The summed E-state index contributed by atoms with van der Waals surface area (Å²) in [4.78, 5) is 18.8. The number of aromatic nitrogens is 1. The molecule has 8 heteroatoms. The van der Waals surface area contributed by atoms with E-state index in [9.17, 15) is 13.2 Å². The van der Waals surface area contributed by atoms with Crippen LogP contribution >= 0.6 is 0 Å². The lowest BCUT2D eigenvalue weighted by molar-refractivity contribution is -0.118. The van der Waals surface area contributed by atoms with Gasteiger partial charge in [-0.3, -0.25) is 4.79 Å². The molecule has 170 valence electrons. The van der Waals surface area contributed by atoms with Gasteiger partial charge in [0.15, 0.2) is 9.84 Å². The van der Waals surface area contributed by atoms with Crippen molar-refractivity contribution in [1.29, 1.82) is 0 Å². The van der Waals surface area contributed by atoms with E-state index in [-0.39, 0.29) is 5.75 Å². The Labute approximate surface area is 185 Å². The third-order valence-electron chi connectivity index (χ3n) is 5.88. The number of nitrogens with zero attached hydrogens (tertiary/aromatic N) is 2. The molecule has 1 aromatic carbocycles. The van der Waals surface area contributed by atoms with Crippen molar-refractivity contribution >= 4 is 15.7 Å². The third-order valence-corrected chi connectivity index (χ3v) is 7.30. The summed E-state index contributed by atoms with van der Waals surface area (Å²) in [6.45, 7) is 4.85. The highest BCUT2D eigenvalue weighted by atomic mass is 32.2. The molecule has 0 saturated heterocycles. The van der Waals surface area contributed by atoms with Gasteiger partial charge in [0.1, 0.15) is 11.5 Å². The summed E-state index contributed by atoms with van der Waals surface area (Å²) in [6, 6.07) is 8.22. The van der Waals surface area contributed by atoms with Crippen LogP contribution in [-0.2, 0) is 20.4 Å². The lowest BCUT2D eigenvalue weighted by atomic mass is 9.94. The quantitative estimate of drug-likeness (QED) is 0.634. The molecular weight excluding hydrogens is 414 g/mol. The number of amides is 1. The molecule has 1 amide bonds. The van der Waals surface area contributed by atoms with Crippen LogP contribution < -0.4 is 5.32 Å². The molecular formula is C23H33N3O4S. The maximum atomic E-state index is 12.5. The fourth-order valence-electron chi connectivity index (χ4n) is 3.97. The lowest BCUT2D eigenvalue weighted by Crippen LogP contribution is -2.40. The monoisotopic (exact) mass is 447 g/mol. The smallest absolute Gasteiger partial charge is 0.235 e. The Morgan fingerprint density at radius 1 is 1.16 bits per heavy atom. The highest BCUT2D eigenvalue weighted by molar-refractivity contribution is 7.91. The second-order valence-electron chi connectivity index (χ2n) is 8.54. The second kappa shape index (κ2) is 10.4. The standard InChI is InChI=1S/C23H33N3O4S/c1-17-9-11-19(12-10-17)23-25-21(18(2)30-23)15-31(28,29)16-22(27)24-13-14-26(3)20-7-5-4-6-8-20/h9-12,20H,4-8,13-16H2,1-3H3,(H,24,27). The van der Waals surface area contributed by atoms with E-state index in [4.69, 9.17) is 4.42 Å². The first-order valence-electron chi connectivity index (χ1n) is 10.9. The van der Waals surface area contributed by atoms with Gasteiger partial charge in [-0.2, -0.15) is 0 Å². The average molecular weight is 448 g/mol. The van der Waals surface area contributed by atoms with Gasteiger partial charge < -0.3 is 14.6 Å². The van der Waals surface area contributed by atoms with Gasteiger partial charge >= 0.3 is 0 Å². The summed E-state index contributed by atoms with van der Waals surface area (Å²) in [5.74, 6) is -0.501. The van der Waals surface area contributed by atoms with Crippen LogP contribution in [0.5, 0.6) is 0 Å². The van der Waals surface area contributed by atoms with E-state index < -0.39 is 21.5 Å². The van der Waals surface area contributed by atoms with Gasteiger partial charge in [-0.1, -0.05) is 37.0 Å². The van der Waals surface area contributed by atoms with Crippen molar-refractivity contribution in [2.75, 3.05) is 25.9 Å². The summed E-state index contributed by atoms with van der Waals surface area (Å²) >= 11 is 0. The molecule has 1 N–H and O–H groups in total. The van der Waals surface area contributed by atoms with Crippen LogP contribution in [0.4, 0.5) is 0 Å². The van der Waals surface area contributed by atoms with Crippen LogP contribution in [0.25, 0.3) is 11.5 Å². The Morgan fingerprint density at radius 3 is 2.52 bits per heavy atom. The highest BCUT2D eigenvalue weighted by Gasteiger charge is 2.23. The van der Waals surface area contributed by atoms with Gasteiger partial charge in [-0.25, -0.2) is 13.4 Å². The van der Waals surface area contributed by atoms with Crippen LogP contribution in [0.15, 0.2) is 28.7 Å². The van der Waals surface area contributed by atoms with Crippen LogP contribution in [0, 0.1) is 13.8 Å². The maximum Gasteiger partial charge on any atom is 0.235 e. The van der Waals surface area contributed by atoms with E-state index in [0.29, 0.717) is 29.9 Å². The van der Waals surface area contributed by atoms with Crippen molar-refractivity contribution in [2.24, 2.45) is 0 Å². The molecule has 0 radical (unpaired) electrons. The summed E-state index contributed by atoms with van der Waals surface area (Å²) < 4.78 is 30.7. The molecule has 3 rings (SSSR count). The number of carbonyl (C=O) groups is 1. The predicted molar refractivity (Wildman–Crippen MR) is 121 cm³/mol. The zero-order valence-electron chi connectivity index (χ0n) is 18.7. The Hall–Kier alpha value is -2.19. The first kappa shape index (κ1) is 23.5. The molecule has 0 bridgehead atoms. The molecule has 2 aromatic rings. The number of likely N-dealkylation sites (N-methyl/N-ethyl adjacent to an activating group) is 1. The average Bonchev–Trinajstić information content (AvgIpc) is 3.08. The Kier molecular flexibility index (Phi) is 7.89. The fourth-order valence-corrected chi connectivity index (χ4v) is 5.26. The van der Waals surface area contributed by atoms with Gasteiger partial charge in [0, 0.05) is 24.7 Å². The largest absolute Gasteiger partial charge is 0.441 e. The van der Waals surface area contributed by atoms with Gasteiger partial charge in [0.05, 0.1) is 11.4 Å². The van der Waals surface area contributed by atoms with E-state index >= 15 is 0 Å². The zero-order valence-corrected chi connectivity index (χ0v) is 19.5. The van der Waals surface area contributed by atoms with Crippen molar-refractivity contribution in [3.05, 3.63) is 41.3 Å². The van der Waals surface area contributed by atoms with Crippen LogP contribution in [-0.4, -0.2) is 56.1 Å². The fraction of sp³-hybridized carbons (Fsp3) is 0.565. The number of carbonyl (C=O) groups excluding carboxylic acids is 1. The summed E-state index contributed by atoms with van der Waals surface area (Å²) in [6.07, 6.45) is 6.21. The SMILES string of the molecule is Cc1ccc(-c2nc(CS(=O)(=O)CC(=O)NCCN(C)C3CCCCC3)c(C)o2)cc1. The Morgan fingerprint density at radius 2 is 1.84 bits per heavy atom. The van der Waals surface area contributed by atoms with E-state index in [1.165, 1.54) is 32.1 Å². The number of sulfone groups is 1. The van der Waals surface area contributed by atoms with E-state index in [1.54, 1.807) is 6.92 Å². The number of aryl methyl sites for hydroxylation is 2. The van der Waals surface area contributed by atoms with Gasteiger partial charge in [-0.05, 0) is 45.9 Å². The van der Waals surface area contributed by atoms with Gasteiger partial charge in [0.2, 0.25) is 11.8 Å². The van der Waals surface area contributed by atoms with Crippen LogP contribution in [0.2, 0.25) is 0 Å². The number of oxazole rings is 1. The number of hydrogen-bond acceptors (Lipinski definition) is 6. The van der Waals surface area contributed by atoms with E-state index in [2.05, 4.69) is 22.2 Å². The van der Waals surface area contributed by atoms with Crippen molar-refractivity contribution in [3.8, 4) is 11.5 Å². The molecule has 1 heterocycles. The van der Waals surface area contributed by atoms with Crippen LogP contribution in [0.1, 0.15) is 49.1 Å².